The molecule has 0 unspecified atom stereocenters. The number of rotatable bonds is 9. The smallest absolute Gasteiger partial charge is 0.251 e. The minimum atomic E-state index is -0.231. The van der Waals surface area contributed by atoms with Crippen molar-refractivity contribution in [1.29, 1.82) is 0 Å². The van der Waals surface area contributed by atoms with Crippen molar-refractivity contribution in [3.05, 3.63) is 89.8 Å². The summed E-state index contributed by atoms with van der Waals surface area (Å²) in [6.07, 6.45) is 3.55. The van der Waals surface area contributed by atoms with Gasteiger partial charge in [0.25, 0.3) is 5.91 Å². The van der Waals surface area contributed by atoms with Crippen molar-refractivity contribution in [2.24, 2.45) is 5.92 Å². The first-order valence-electron chi connectivity index (χ1n) is 10.7. The zero-order valence-electron chi connectivity index (χ0n) is 18.5. The third-order valence-electron chi connectivity index (χ3n) is 4.96. The summed E-state index contributed by atoms with van der Waals surface area (Å²) in [5, 5.41) is 16.4. The van der Waals surface area contributed by atoms with E-state index in [0.717, 1.165) is 5.69 Å². The maximum atomic E-state index is 14.0. The largest absolute Gasteiger partial charge is 0.345 e. The lowest BCUT2D eigenvalue weighted by Gasteiger charge is -2.13. The number of amides is 1. The second-order valence-electron chi connectivity index (χ2n) is 7.96. The monoisotopic (exact) mass is 464 g/mol. The minimum Gasteiger partial charge on any atom is -0.345 e. The average molecular weight is 465 g/mol. The van der Waals surface area contributed by atoms with Crippen LogP contribution in [-0.4, -0.2) is 30.5 Å². The molecule has 170 valence electrons. The number of aromatic nitrogens is 5. The molecule has 9 heteroatoms. The molecule has 0 aliphatic heterocycles. The van der Waals surface area contributed by atoms with Crippen molar-refractivity contribution in [3.8, 4) is 5.69 Å². The molecule has 1 amide bonds. The van der Waals surface area contributed by atoms with E-state index < -0.39 is 0 Å². The number of hydrogen-bond acceptors (Lipinski definition) is 5. The highest BCUT2D eigenvalue weighted by molar-refractivity contribution is 7.98. The van der Waals surface area contributed by atoms with Gasteiger partial charge in [-0.3, -0.25) is 4.79 Å². The Morgan fingerprint density at radius 3 is 2.58 bits per heavy atom. The molecule has 0 atom stereocenters. The van der Waals surface area contributed by atoms with E-state index in [2.05, 4.69) is 34.5 Å². The maximum absolute atomic E-state index is 14.0. The van der Waals surface area contributed by atoms with Gasteiger partial charge < -0.3 is 9.88 Å². The third kappa shape index (κ3) is 5.67. The van der Waals surface area contributed by atoms with Gasteiger partial charge in [0.2, 0.25) is 0 Å². The van der Waals surface area contributed by atoms with Gasteiger partial charge in [-0.25, -0.2) is 9.07 Å². The number of carbonyl (C=O) groups is 1. The Labute approximate surface area is 196 Å². The lowest BCUT2D eigenvalue weighted by molar-refractivity contribution is 0.0949. The van der Waals surface area contributed by atoms with Gasteiger partial charge in [0, 0.05) is 30.3 Å². The number of thioether (sulfide) groups is 1. The fraction of sp³-hybridized carbons (Fsp3) is 0.250. The summed E-state index contributed by atoms with van der Waals surface area (Å²) in [6, 6.07) is 15.8. The molecule has 4 aromatic rings. The fourth-order valence-electron chi connectivity index (χ4n) is 3.31. The molecule has 0 spiro atoms. The van der Waals surface area contributed by atoms with Gasteiger partial charge in [0.15, 0.2) is 11.0 Å². The first-order valence-corrected chi connectivity index (χ1v) is 11.7. The van der Waals surface area contributed by atoms with E-state index in [1.165, 1.54) is 17.8 Å². The molecule has 4 rings (SSSR count). The Balaban J connectivity index is 1.42. The van der Waals surface area contributed by atoms with Gasteiger partial charge in [-0.2, -0.15) is 5.10 Å². The Morgan fingerprint density at radius 1 is 1.09 bits per heavy atom. The molecular weight excluding hydrogens is 439 g/mol. The van der Waals surface area contributed by atoms with Crippen LogP contribution in [0.1, 0.15) is 35.6 Å². The molecule has 0 radical (unpaired) electrons. The molecule has 0 fully saturated rings. The second-order valence-corrected chi connectivity index (χ2v) is 8.91. The quantitative estimate of drug-likeness (QED) is 0.370. The van der Waals surface area contributed by atoms with E-state index >= 15 is 0 Å². The summed E-state index contributed by atoms with van der Waals surface area (Å²) in [4.78, 5) is 12.7. The third-order valence-corrected chi connectivity index (χ3v) is 5.98. The van der Waals surface area contributed by atoms with Crippen LogP contribution >= 0.6 is 11.8 Å². The first kappa shape index (κ1) is 22.7. The predicted octanol–water partition coefficient (Wildman–Crippen LogP) is 4.48. The molecule has 2 aromatic carbocycles. The van der Waals surface area contributed by atoms with Crippen molar-refractivity contribution < 1.29 is 9.18 Å². The van der Waals surface area contributed by atoms with E-state index in [1.807, 2.05) is 35.0 Å². The summed E-state index contributed by atoms with van der Waals surface area (Å²) in [5.41, 5.74) is 2.05. The predicted molar refractivity (Wildman–Crippen MR) is 126 cm³/mol. The van der Waals surface area contributed by atoms with Gasteiger partial charge in [-0.15, -0.1) is 10.2 Å². The van der Waals surface area contributed by atoms with Crippen molar-refractivity contribution >= 4 is 17.7 Å². The number of nitrogens with zero attached hydrogens (tertiary/aromatic N) is 5. The highest BCUT2D eigenvalue weighted by atomic mass is 32.2. The van der Waals surface area contributed by atoms with Crippen molar-refractivity contribution in [3.63, 3.8) is 0 Å². The Morgan fingerprint density at radius 2 is 1.88 bits per heavy atom. The SMILES string of the molecule is CC(C)Cn1c(CNC(=O)c2ccc(-n3cccn3)cc2)nnc1SCc1ccccc1F. The molecule has 0 bridgehead atoms. The maximum Gasteiger partial charge on any atom is 0.251 e. The van der Waals surface area contributed by atoms with E-state index in [4.69, 9.17) is 0 Å². The topological polar surface area (TPSA) is 77.6 Å². The zero-order chi connectivity index (χ0) is 23.2. The highest BCUT2D eigenvalue weighted by Gasteiger charge is 2.16. The van der Waals surface area contributed by atoms with Crippen LogP contribution in [0.4, 0.5) is 4.39 Å². The van der Waals surface area contributed by atoms with Crippen molar-refractivity contribution in [1.82, 2.24) is 29.9 Å². The van der Waals surface area contributed by atoms with Gasteiger partial charge >= 0.3 is 0 Å². The summed E-state index contributed by atoms with van der Waals surface area (Å²) >= 11 is 1.44. The summed E-state index contributed by atoms with van der Waals surface area (Å²) in [6.45, 7) is 5.17. The van der Waals surface area contributed by atoms with Crippen molar-refractivity contribution in [2.45, 2.75) is 37.8 Å². The normalized spacial score (nSPS) is 11.2. The lowest BCUT2D eigenvalue weighted by Crippen LogP contribution is -2.25. The second kappa shape index (κ2) is 10.4. The number of carbonyl (C=O) groups excluding carboxylic acids is 1. The van der Waals surface area contributed by atoms with E-state index in [1.54, 1.807) is 35.1 Å². The molecule has 0 saturated heterocycles. The van der Waals surface area contributed by atoms with E-state index in [0.29, 0.717) is 40.3 Å². The van der Waals surface area contributed by atoms with Crippen LogP contribution in [0, 0.1) is 11.7 Å². The molecule has 33 heavy (non-hydrogen) atoms. The average Bonchev–Trinajstić information content (AvgIpc) is 3.47. The molecule has 0 saturated carbocycles. The van der Waals surface area contributed by atoms with Gasteiger partial charge in [0.1, 0.15) is 5.82 Å². The number of benzene rings is 2. The highest BCUT2D eigenvalue weighted by Crippen LogP contribution is 2.24. The lowest BCUT2D eigenvalue weighted by atomic mass is 10.2. The molecule has 2 heterocycles. The standard InChI is InChI=1S/C24H25FN6OS/c1-17(2)15-30-22(28-29-24(30)33-16-19-6-3-4-7-21(19)25)14-26-23(32)18-8-10-20(11-9-18)31-13-5-12-27-31/h3-13,17H,14-16H2,1-2H3,(H,26,32). The number of hydrogen-bond donors (Lipinski definition) is 1. The van der Waals surface area contributed by atoms with Crippen LogP contribution in [0.5, 0.6) is 0 Å². The van der Waals surface area contributed by atoms with Crippen molar-refractivity contribution in [2.75, 3.05) is 0 Å². The number of nitrogens with one attached hydrogen (secondary N) is 1. The molecule has 7 nitrogen and oxygen atoms in total. The fourth-order valence-corrected chi connectivity index (χ4v) is 4.26. The Bertz CT molecular complexity index is 1200. The van der Waals surface area contributed by atoms with Gasteiger partial charge in [-0.05, 0) is 47.9 Å². The summed E-state index contributed by atoms with van der Waals surface area (Å²) in [5.74, 6) is 1.06. The molecule has 2 aromatic heterocycles. The van der Waals surface area contributed by atoms with Crippen LogP contribution in [0.15, 0.2) is 72.1 Å². The summed E-state index contributed by atoms with van der Waals surface area (Å²) in [7, 11) is 0. The van der Waals surface area contributed by atoms with Crippen LogP contribution in [0.2, 0.25) is 0 Å². The number of halogens is 1. The molecule has 1 N–H and O–H groups in total. The van der Waals surface area contributed by atoms with Crippen LogP contribution < -0.4 is 5.32 Å². The minimum absolute atomic E-state index is 0.193. The van der Waals surface area contributed by atoms with Crippen LogP contribution in [0.25, 0.3) is 5.69 Å². The van der Waals surface area contributed by atoms with Gasteiger partial charge in [0.05, 0.1) is 12.2 Å². The van der Waals surface area contributed by atoms with Gasteiger partial charge in [-0.1, -0.05) is 43.8 Å². The Kier molecular flexibility index (Phi) is 7.19. The Hall–Kier alpha value is -3.46. The summed E-state index contributed by atoms with van der Waals surface area (Å²) < 4.78 is 17.7. The molecule has 0 aliphatic rings. The van der Waals surface area contributed by atoms with E-state index in [9.17, 15) is 9.18 Å². The molecular formula is C24H25FN6OS. The first-order chi connectivity index (χ1) is 16.0. The molecule has 0 aliphatic carbocycles. The zero-order valence-corrected chi connectivity index (χ0v) is 19.3. The van der Waals surface area contributed by atoms with E-state index in [-0.39, 0.29) is 18.3 Å². The van der Waals surface area contributed by atoms with Crippen LogP contribution in [0.3, 0.4) is 0 Å². The van der Waals surface area contributed by atoms with Crippen LogP contribution in [-0.2, 0) is 18.8 Å².